The molecule has 2 nitrogen and oxygen atoms in total. The number of aliphatic hydroxyl groups is 2. The van der Waals surface area contributed by atoms with Crippen LogP contribution >= 0.6 is 35.2 Å². The second-order valence-electron chi connectivity index (χ2n) is 2.75. The molecular weight excluding hydrogens is 299 g/mol. The van der Waals surface area contributed by atoms with Gasteiger partial charge in [-0.2, -0.15) is 12.6 Å². The lowest BCUT2D eigenvalue weighted by atomic mass is 10.1. The highest BCUT2D eigenvalue weighted by molar-refractivity contribution is 14.1. The number of rotatable bonds is 3. The van der Waals surface area contributed by atoms with Crippen LogP contribution in [0.2, 0.25) is 0 Å². The summed E-state index contributed by atoms with van der Waals surface area (Å²) in [6.07, 6.45) is -1.64. The first kappa shape index (κ1) is 11.3. The van der Waals surface area contributed by atoms with Crippen molar-refractivity contribution in [3.8, 4) is 0 Å². The molecule has 2 unspecified atom stereocenters. The maximum atomic E-state index is 9.58. The predicted molar refractivity (Wildman–Crippen MR) is 64.0 cm³/mol. The fourth-order valence-electron chi connectivity index (χ4n) is 0.982. The Kier molecular flexibility index (Phi) is 4.51. The third kappa shape index (κ3) is 3.12. The normalized spacial score (nSPS) is 15.4. The van der Waals surface area contributed by atoms with Gasteiger partial charge in [0.25, 0.3) is 0 Å². The van der Waals surface area contributed by atoms with Gasteiger partial charge >= 0.3 is 0 Å². The summed E-state index contributed by atoms with van der Waals surface area (Å²) in [7, 11) is 0. The van der Waals surface area contributed by atoms with Crippen molar-refractivity contribution >= 4 is 35.2 Å². The summed E-state index contributed by atoms with van der Waals surface area (Å²) in [5, 5.41) is 18.9. The summed E-state index contributed by atoms with van der Waals surface area (Å²) < 4.78 is 1.11. The van der Waals surface area contributed by atoms with Gasteiger partial charge in [0.2, 0.25) is 0 Å². The highest BCUT2D eigenvalue weighted by Gasteiger charge is 2.15. The lowest BCUT2D eigenvalue weighted by Crippen LogP contribution is -2.19. The molecule has 0 saturated carbocycles. The fourth-order valence-corrected chi connectivity index (χ4v) is 1.54. The number of aliphatic hydroxyl groups excluding tert-OH is 2. The molecule has 1 rings (SSSR count). The van der Waals surface area contributed by atoms with E-state index in [1.807, 2.05) is 12.1 Å². The van der Waals surface area contributed by atoms with Crippen molar-refractivity contribution in [1.29, 1.82) is 0 Å². The summed E-state index contributed by atoms with van der Waals surface area (Å²) in [6, 6.07) is 7.40. The molecule has 0 bridgehead atoms. The van der Waals surface area contributed by atoms with Gasteiger partial charge in [-0.3, -0.25) is 0 Å². The monoisotopic (exact) mass is 310 g/mol. The first-order valence-electron chi connectivity index (χ1n) is 3.87. The highest BCUT2D eigenvalue weighted by Crippen LogP contribution is 2.18. The third-order valence-corrected chi connectivity index (χ3v) is 2.86. The minimum atomic E-state index is -0.838. The second kappa shape index (κ2) is 5.19. The average Bonchev–Trinajstić information content (AvgIpc) is 2.17. The van der Waals surface area contributed by atoms with Gasteiger partial charge in [0, 0.05) is 9.32 Å². The van der Waals surface area contributed by atoms with Crippen LogP contribution in [0.4, 0.5) is 0 Å². The zero-order valence-electron chi connectivity index (χ0n) is 6.89. The Labute approximate surface area is 96.5 Å². The van der Waals surface area contributed by atoms with Crippen LogP contribution in [-0.4, -0.2) is 22.1 Å². The number of benzene rings is 1. The van der Waals surface area contributed by atoms with Crippen LogP contribution in [0.3, 0.4) is 0 Å². The molecule has 0 heterocycles. The Hall–Kier alpha value is 0.220. The molecule has 0 fully saturated rings. The topological polar surface area (TPSA) is 40.5 Å². The summed E-state index contributed by atoms with van der Waals surface area (Å²) in [5.41, 5.74) is 0.724. The number of halogens is 1. The van der Waals surface area contributed by atoms with E-state index in [4.69, 9.17) is 0 Å². The zero-order chi connectivity index (χ0) is 9.84. The van der Waals surface area contributed by atoms with Crippen LogP contribution in [0.15, 0.2) is 24.3 Å². The van der Waals surface area contributed by atoms with Gasteiger partial charge in [0.15, 0.2) is 0 Å². The summed E-state index contributed by atoms with van der Waals surface area (Å²) in [4.78, 5) is 0. The Balaban J connectivity index is 2.77. The molecule has 13 heavy (non-hydrogen) atoms. The number of hydrogen-bond acceptors (Lipinski definition) is 3. The van der Waals surface area contributed by atoms with Crippen LogP contribution in [0, 0.1) is 3.57 Å². The molecule has 1 aromatic carbocycles. The van der Waals surface area contributed by atoms with Crippen molar-refractivity contribution in [3.63, 3.8) is 0 Å². The Morgan fingerprint density at radius 1 is 1.23 bits per heavy atom. The Morgan fingerprint density at radius 3 is 2.23 bits per heavy atom. The minimum absolute atomic E-state index is 0.257. The largest absolute Gasteiger partial charge is 0.389 e. The van der Waals surface area contributed by atoms with E-state index in [0.717, 1.165) is 9.13 Å². The predicted octanol–water partition coefficient (Wildman–Crippen LogP) is 1.62. The molecule has 4 heteroatoms. The van der Waals surface area contributed by atoms with E-state index in [-0.39, 0.29) is 5.75 Å². The molecule has 0 amide bonds. The molecule has 0 aliphatic heterocycles. The Bertz CT molecular complexity index is 263. The summed E-state index contributed by atoms with van der Waals surface area (Å²) >= 11 is 6.10. The van der Waals surface area contributed by atoms with Crippen LogP contribution < -0.4 is 0 Å². The SMILES string of the molecule is OC(CS)C(O)c1ccc(I)cc1. The Morgan fingerprint density at radius 2 is 1.77 bits per heavy atom. The molecule has 0 saturated heterocycles. The molecule has 2 atom stereocenters. The van der Waals surface area contributed by atoms with E-state index in [2.05, 4.69) is 35.2 Å². The van der Waals surface area contributed by atoms with Gasteiger partial charge in [-0.1, -0.05) is 12.1 Å². The molecule has 2 N–H and O–H groups in total. The minimum Gasteiger partial charge on any atom is -0.389 e. The lowest BCUT2D eigenvalue weighted by Gasteiger charge is -2.15. The fraction of sp³-hybridized carbons (Fsp3) is 0.333. The van der Waals surface area contributed by atoms with Crippen molar-refractivity contribution in [2.24, 2.45) is 0 Å². The van der Waals surface area contributed by atoms with E-state index < -0.39 is 12.2 Å². The van der Waals surface area contributed by atoms with Crippen LogP contribution in [0.1, 0.15) is 11.7 Å². The van der Waals surface area contributed by atoms with E-state index in [0.29, 0.717) is 0 Å². The first-order valence-corrected chi connectivity index (χ1v) is 5.58. The molecule has 0 radical (unpaired) electrons. The van der Waals surface area contributed by atoms with Gasteiger partial charge < -0.3 is 10.2 Å². The van der Waals surface area contributed by atoms with Crippen molar-refractivity contribution in [1.82, 2.24) is 0 Å². The molecule has 72 valence electrons. The molecule has 0 aromatic heterocycles. The van der Waals surface area contributed by atoms with Crippen LogP contribution in [-0.2, 0) is 0 Å². The second-order valence-corrected chi connectivity index (χ2v) is 4.36. The van der Waals surface area contributed by atoms with Crippen molar-refractivity contribution in [2.75, 3.05) is 5.75 Å². The van der Waals surface area contributed by atoms with E-state index in [1.54, 1.807) is 12.1 Å². The molecule has 1 aromatic rings. The average molecular weight is 310 g/mol. The van der Waals surface area contributed by atoms with Crippen molar-refractivity contribution in [2.45, 2.75) is 12.2 Å². The van der Waals surface area contributed by atoms with E-state index in [9.17, 15) is 10.2 Å². The molecule has 0 aliphatic rings. The first-order chi connectivity index (χ1) is 6.15. The highest BCUT2D eigenvalue weighted by atomic mass is 127. The van der Waals surface area contributed by atoms with Crippen molar-refractivity contribution in [3.05, 3.63) is 33.4 Å². The van der Waals surface area contributed by atoms with Gasteiger partial charge in [0.05, 0.1) is 6.10 Å². The van der Waals surface area contributed by atoms with Gasteiger partial charge in [-0.05, 0) is 40.3 Å². The maximum Gasteiger partial charge on any atom is 0.106 e. The molecule has 0 spiro atoms. The van der Waals surface area contributed by atoms with E-state index in [1.165, 1.54) is 0 Å². The van der Waals surface area contributed by atoms with E-state index >= 15 is 0 Å². The number of hydrogen-bond donors (Lipinski definition) is 3. The smallest absolute Gasteiger partial charge is 0.106 e. The summed E-state index contributed by atoms with van der Waals surface area (Å²) in [6.45, 7) is 0. The quantitative estimate of drug-likeness (QED) is 0.586. The maximum absolute atomic E-state index is 9.58. The number of thiol groups is 1. The van der Waals surface area contributed by atoms with Crippen LogP contribution in [0.25, 0.3) is 0 Å². The van der Waals surface area contributed by atoms with Gasteiger partial charge in [-0.25, -0.2) is 0 Å². The lowest BCUT2D eigenvalue weighted by molar-refractivity contribution is 0.0337. The third-order valence-electron chi connectivity index (χ3n) is 1.76. The summed E-state index contributed by atoms with van der Waals surface area (Å²) in [5.74, 6) is 0.257. The molecule has 0 aliphatic carbocycles. The standard InChI is InChI=1S/C9H11IO2S/c10-7-3-1-6(2-4-7)9(12)8(11)5-13/h1-4,8-9,11-13H,5H2. The van der Waals surface area contributed by atoms with Gasteiger partial charge in [-0.15, -0.1) is 0 Å². The van der Waals surface area contributed by atoms with Crippen LogP contribution in [0.5, 0.6) is 0 Å². The van der Waals surface area contributed by atoms with Gasteiger partial charge in [0.1, 0.15) is 6.10 Å². The van der Waals surface area contributed by atoms with Crippen molar-refractivity contribution < 1.29 is 10.2 Å². The molecular formula is C9H11IO2S. The zero-order valence-corrected chi connectivity index (χ0v) is 9.94.